The molecule has 3 rings (SSSR count). The van der Waals surface area contributed by atoms with Gasteiger partial charge in [-0.2, -0.15) is 5.26 Å². The molecule has 0 spiro atoms. The van der Waals surface area contributed by atoms with Gasteiger partial charge < -0.3 is 15.2 Å². The Morgan fingerprint density at radius 2 is 2.23 bits per heavy atom. The van der Waals surface area contributed by atoms with Crippen molar-refractivity contribution in [3.8, 4) is 22.3 Å². The molecule has 0 fully saturated rings. The maximum atomic E-state index is 11.0. The number of aliphatic carboxylic acids is 1. The van der Waals surface area contributed by atoms with E-state index in [-0.39, 0.29) is 5.57 Å². The van der Waals surface area contributed by atoms with E-state index >= 15 is 0 Å². The molecule has 134 valence electrons. The molecule has 0 bridgehead atoms. The van der Waals surface area contributed by atoms with E-state index in [9.17, 15) is 10.1 Å². The minimum atomic E-state index is -0.999. The molecule has 0 aliphatic carbocycles. The van der Waals surface area contributed by atoms with Crippen LogP contribution in [0.15, 0.2) is 29.3 Å². The number of nitriles is 1. The number of nitrogens with zero attached hydrogens (tertiary/aromatic N) is 1. The van der Waals surface area contributed by atoms with Crippen molar-refractivity contribution in [1.29, 1.82) is 5.26 Å². The number of carboxylic acid groups (broad SMARTS) is 1. The van der Waals surface area contributed by atoms with Crippen LogP contribution >= 0.6 is 11.3 Å². The van der Waals surface area contributed by atoms with Crippen molar-refractivity contribution < 1.29 is 14.6 Å². The second-order valence-corrected chi connectivity index (χ2v) is 7.45. The molecular weight excluding hydrogens is 348 g/mol. The van der Waals surface area contributed by atoms with E-state index in [1.807, 2.05) is 6.07 Å². The van der Waals surface area contributed by atoms with Gasteiger partial charge >= 0.3 is 5.97 Å². The fraction of sp³-hybridized carbons (Fsp3) is 0.300. The van der Waals surface area contributed by atoms with E-state index in [0.29, 0.717) is 30.2 Å². The molecule has 2 aromatic rings. The van der Waals surface area contributed by atoms with Gasteiger partial charge in [0.15, 0.2) is 0 Å². The molecule has 1 aliphatic heterocycles. The summed E-state index contributed by atoms with van der Waals surface area (Å²) in [6, 6.07) is 6.27. The average Bonchev–Trinajstić information content (AvgIpc) is 3.27. The molecule has 0 unspecified atom stereocenters. The van der Waals surface area contributed by atoms with Crippen LogP contribution in [0, 0.1) is 11.3 Å². The zero-order valence-electron chi connectivity index (χ0n) is 14.9. The minimum absolute atomic E-state index is 0.172. The van der Waals surface area contributed by atoms with Crippen molar-refractivity contribution in [3.05, 3.63) is 46.0 Å². The average molecular weight is 368 g/mol. The smallest absolute Gasteiger partial charge is 0.332 e. The first-order chi connectivity index (χ1) is 12.4. The summed E-state index contributed by atoms with van der Waals surface area (Å²) in [7, 11) is 0. The topological polar surface area (TPSA) is 82.3 Å². The van der Waals surface area contributed by atoms with Crippen LogP contribution in [0.25, 0.3) is 10.4 Å². The zero-order chi connectivity index (χ0) is 18.8. The van der Waals surface area contributed by atoms with Gasteiger partial charge in [0.25, 0.3) is 0 Å². The maximum absolute atomic E-state index is 11.0. The van der Waals surface area contributed by atoms with E-state index in [0.717, 1.165) is 21.8 Å². The molecule has 2 N–H and O–H groups in total. The Morgan fingerprint density at radius 3 is 2.85 bits per heavy atom. The third kappa shape index (κ3) is 3.31. The van der Waals surface area contributed by atoms with Gasteiger partial charge in [0.05, 0.1) is 17.9 Å². The number of carbonyl (C=O) groups is 1. The van der Waals surface area contributed by atoms with Crippen LogP contribution in [0.5, 0.6) is 5.75 Å². The van der Waals surface area contributed by atoms with Gasteiger partial charge in [-0.15, -0.1) is 11.3 Å². The molecule has 26 heavy (non-hydrogen) atoms. The van der Waals surface area contributed by atoms with Crippen LogP contribution in [0.3, 0.4) is 0 Å². The molecule has 5 nitrogen and oxygen atoms in total. The first-order valence-electron chi connectivity index (χ1n) is 8.40. The van der Waals surface area contributed by atoms with Crippen LogP contribution in [-0.4, -0.2) is 17.7 Å². The van der Waals surface area contributed by atoms with E-state index in [1.165, 1.54) is 18.7 Å². The first-order valence-corrected chi connectivity index (χ1v) is 9.28. The Bertz CT molecular complexity index is 935. The summed E-state index contributed by atoms with van der Waals surface area (Å²) < 4.78 is 5.83. The summed E-state index contributed by atoms with van der Waals surface area (Å²) in [5.41, 5.74) is 4.37. The van der Waals surface area contributed by atoms with Crippen molar-refractivity contribution in [2.75, 3.05) is 11.9 Å². The highest BCUT2D eigenvalue weighted by atomic mass is 32.1. The van der Waals surface area contributed by atoms with Crippen molar-refractivity contribution >= 4 is 23.0 Å². The Labute approximate surface area is 156 Å². The lowest BCUT2D eigenvalue weighted by molar-refractivity contribution is -0.132. The first kappa shape index (κ1) is 18.0. The Balaban J connectivity index is 2.12. The molecular formula is C20H20N2O3S. The predicted molar refractivity (Wildman–Crippen MR) is 103 cm³/mol. The molecule has 6 heteroatoms. The fourth-order valence-corrected chi connectivity index (χ4v) is 3.93. The van der Waals surface area contributed by atoms with Crippen molar-refractivity contribution in [2.24, 2.45) is 0 Å². The van der Waals surface area contributed by atoms with Gasteiger partial charge in [-0.25, -0.2) is 4.79 Å². The van der Waals surface area contributed by atoms with Gasteiger partial charge in [0.1, 0.15) is 11.8 Å². The van der Waals surface area contributed by atoms with Gasteiger partial charge in [-0.3, -0.25) is 0 Å². The molecule has 1 aromatic heterocycles. The number of rotatable bonds is 5. The summed E-state index contributed by atoms with van der Waals surface area (Å²) in [4.78, 5) is 12.1. The van der Waals surface area contributed by atoms with Crippen molar-refractivity contribution in [3.63, 3.8) is 0 Å². The summed E-state index contributed by atoms with van der Waals surface area (Å²) in [6.45, 7) is 6.36. The third-order valence-electron chi connectivity index (χ3n) is 4.42. The number of benzene rings is 1. The van der Waals surface area contributed by atoms with E-state index in [2.05, 4.69) is 36.7 Å². The second-order valence-electron chi connectivity index (χ2n) is 6.54. The van der Waals surface area contributed by atoms with Crippen LogP contribution in [-0.2, 0) is 11.2 Å². The van der Waals surface area contributed by atoms with Gasteiger partial charge in [-0.1, -0.05) is 13.8 Å². The van der Waals surface area contributed by atoms with Gasteiger partial charge in [0, 0.05) is 34.2 Å². The highest BCUT2D eigenvalue weighted by Crippen LogP contribution is 2.44. The largest absolute Gasteiger partial charge is 0.492 e. The highest BCUT2D eigenvalue weighted by molar-refractivity contribution is 7.13. The number of ether oxygens (including phenoxy) is 1. The summed E-state index contributed by atoms with van der Waals surface area (Å²) in [5, 5.41) is 23.8. The number of fused-ring (bicyclic) bond motifs is 1. The zero-order valence-corrected chi connectivity index (χ0v) is 15.7. The third-order valence-corrected chi connectivity index (χ3v) is 5.40. The SMILES string of the molecule is CC(=CNc1cc(-c2cc(C(C)C)cs2)c2c(c1C#N)CCO2)C(=O)O. The van der Waals surface area contributed by atoms with Crippen LogP contribution in [0.2, 0.25) is 0 Å². The van der Waals surface area contributed by atoms with Crippen LogP contribution < -0.4 is 10.1 Å². The number of carboxylic acids is 1. The minimum Gasteiger partial charge on any atom is -0.492 e. The normalized spacial score (nSPS) is 13.3. The Morgan fingerprint density at radius 1 is 1.46 bits per heavy atom. The second kappa shape index (κ2) is 7.22. The number of nitrogens with one attached hydrogen (secondary N) is 1. The molecule has 0 radical (unpaired) electrons. The van der Waals surface area contributed by atoms with Crippen molar-refractivity contribution in [2.45, 2.75) is 33.1 Å². The number of hydrogen-bond donors (Lipinski definition) is 2. The van der Waals surface area contributed by atoms with E-state index in [1.54, 1.807) is 11.3 Å². The van der Waals surface area contributed by atoms with Gasteiger partial charge in [-0.05, 0) is 35.9 Å². The molecule has 0 atom stereocenters. The Hall–Kier alpha value is -2.78. The quantitative estimate of drug-likeness (QED) is 0.745. The van der Waals surface area contributed by atoms with Crippen LogP contribution in [0.1, 0.15) is 43.4 Å². The standard InChI is InChI=1S/C20H20N2O3S/c1-11(2)13-6-18(26-10-13)15-7-17(22-9-12(3)20(23)24)16(8-21)14-4-5-25-19(14)15/h6-7,9-11,22H,4-5H2,1-3H3,(H,23,24). The number of thiophene rings is 1. The maximum Gasteiger partial charge on any atom is 0.332 e. The van der Waals surface area contributed by atoms with Crippen molar-refractivity contribution in [1.82, 2.24) is 0 Å². The molecule has 0 amide bonds. The van der Waals surface area contributed by atoms with E-state index in [4.69, 9.17) is 9.84 Å². The lowest BCUT2D eigenvalue weighted by Gasteiger charge is -2.13. The molecule has 0 saturated heterocycles. The lowest BCUT2D eigenvalue weighted by Crippen LogP contribution is -2.02. The fourth-order valence-electron chi connectivity index (χ4n) is 2.85. The number of hydrogen-bond acceptors (Lipinski definition) is 5. The molecule has 1 aliphatic rings. The number of anilines is 1. The predicted octanol–water partition coefficient (Wildman–Crippen LogP) is 4.75. The molecule has 2 heterocycles. The monoisotopic (exact) mass is 368 g/mol. The summed E-state index contributed by atoms with van der Waals surface area (Å²) in [5.74, 6) is 0.204. The van der Waals surface area contributed by atoms with Crippen LogP contribution in [0.4, 0.5) is 5.69 Å². The molecule has 0 saturated carbocycles. The van der Waals surface area contributed by atoms with E-state index < -0.39 is 5.97 Å². The highest BCUT2D eigenvalue weighted by Gasteiger charge is 2.25. The Kier molecular flexibility index (Phi) is 5.01. The lowest BCUT2D eigenvalue weighted by atomic mass is 9.98. The molecule has 1 aromatic carbocycles. The van der Waals surface area contributed by atoms with Gasteiger partial charge in [0.2, 0.25) is 0 Å². The summed E-state index contributed by atoms with van der Waals surface area (Å²) >= 11 is 1.65. The summed E-state index contributed by atoms with van der Waals surface area (Å²) in [6.07, 6.45) is 2.09.